The summed E-state index contributed by atoms with van der Waals surface area (Å²) in [4.78, 5) is 0. The summed E-state index contributed by atoms with van der Waals surface area (Å²) in [6, 6.07) is 6.07. The normalized spacial score (nSPS) is 9.81. The number of nitrogens with zero attached hydrogens (tertiary/aromatic N) is 2. The molecule has 1 aromatic carbocycles. The summed E-state index contributed by atoms with van der Waals surface area (Å²) in [6.45, 7) is 0. The molecule has 0 aliphatic heterocycles. The van der Waals surface area contributed by atoms with Crippen molar-refractivity contribution < 1.29 is 9.13 Å². The second-order valence-corrected chi connectivity index (χ2v) is 3.12. The molecule has 0 unspecified atom stereocenters. The fraction of sp³-hybridized carbons (Fsp3) is 0.0909. The van der Waals surface area contributed by atoms with Gasteiger partial charge in [0.2, 0.25) is 5.88 Å². The van der Waals surface area contributed by atoms with Gasteiger partial charge in [0, 0.05) is 0 Å². The number of H-pyrrole nitrogens is 1. The predicted molar refractivity (Wildman–Crippen MR) is 55.2 cm³/mol. The summed E-state index contributed by atoms with van der Waals surface area (Å²) in [5, 5.41) is 15.2. The summed E-state index contributed by atoms with van der Waals surface area (Å²) in [5.74, 6) is -0.0517. The summed E-state index contributed by atoms with van der Waals surface area (Å²) >= 11 is 0. The SMILES string of the molecule is COc1[nH]ncc1-c1ccc(F)c(C#N)c1. The van der Waals surface area contributed by atoms with Gasteiger partial charge in [0.1, 0.15) is 11.9 Å². The van der Waals surface area contributed by atoms with Gasteiger partial charge >= 0.3 is 0 Å². The molecule has 0 saturated carbocycles. The maximum absolute atomic E-state index is 13.1. The Morgan fingerprint density at radius 1 is 1.50 bits per heavy atom. The van der Waals surface area contributed by atoms with E-state index < -0.39 is 5.82 Å². The lowest BCUT2D eigenvalue weighted by molar-refractivity contribution is 0.398. The van der Waals surface area contributed by atoms with Gasteiger partial charge < -0.3 is 4.74 Å². The first-order chi connectivity index (χ1) is 7.76. The molecule has 16 heavy (non-hydrogen) atoms. The van der Waals surface area contributed by atoms with Crippen LogP contribution in [0.2, 0.25) is 0 Å². The minimum absolute atomic E-state index is 0.000697. The zero-order valence-corrected chi connectivity index (χ0v) is 8.49. The molecule has 0 bridgehead atoms. The Labute approximate surface area is 91.3 Å². The molecule has 0 fully saturated rings. The predicted octanol–water partition coefficient (Wildman–Crippen LogP) is 2.10. The first kappa shape index (κ1) is 10.2. The summed E-state index contributed by atoms with van der Waals surface area (Å²) in [6.07, 6.45) is 1.56. The van der Waals surface area contributed by atoms with Crippen LogP contribution in [0.3, 0.4) is 0 Å². The molecule has 4 nitrogen and oxygen atoms in total. The summed E-state index contributed by atoms with van der Waals surface area (Å²) < 4.78 is 18.2. The molecule has 0 aliphatic rings. The van der Waals surface area contributed by atoms with Crippen molar-refractivity contribution in [2.45, 2.75) is 0 Å². The molecular formula is C11H8FN3O. The van der Waals surface area contributed by atoms with Gasteiger partial charge in [-0.15, -0.1) is 0 Å². The number of hydrogen-bond donors (Lipinski definition) is 1. The van der Waals surface area contributed by atoms with Gasteiger partial charge in [-0.05, 0) is 17.7 Å². The molecule has 2 rings (SSSR count). The third kappa shape index (κ3) is 1.61. The van der Waals surface area contributed by atoms with Crippen LogP contribution < -0.4 is 4.74 Å². The molecule has 0 aliphatic carbocycles. The zero-order chi connectivity index (χ0) is 11.5. The van der Waals surface area contributed by atoms with E-state index in [4.69, 9.17) is 10.00 Å². The van der Waals surface area contributed by atoms with E-state index in [0.29, 0.717) is 17.0 Å². The molecular weight excluding hydrogens is 209 g/mol. The van der Waals surface area contributed by atoms with Gasteiger partial charge in [-0.1, -0.05) is 6.07 Å². The van der Waals surface area contributed by atoms with Crippen LogP contribution in [0.25, 0.3) is 11.1 Å². The third-order valence-corrected chi connectivity index (χ3v) is 2.21. The van der Waals surface area contributed by atoms with Crippen LogP contribution in [0.5, 0.6) is 5.88 Å². The maximum Gasteiger partial charge on any atom is 0.216 e. The number of ether oxygens (including phenoxy) is 1. The van der Waals surface area contributed by atoms with E-state index in [0.717, 1.165) is 0 Å². The Morgan fingerprint density at radius 3 is 3.00 bits per heavy atom. The second-order valence-electron chi connectivity index (χ2n) is 3.12. The number of hydrogen-bond acceptors (Lipinski definition) is 3. The van der Waals surface area contributed by atoms with E-state index >= 15 is 0 Å². The zero-order valence-electron chi connectivity index (χ0n) is 8.49. The molecule has 0 atom stereocenters. The highest BCUT2D eigenvalue weighted by atomic mass is 19.1. The Bertz CT molecular complexity index is 557. The van der Waals surface area contributed by atoms with E-state index in [1.807, 2.05) is 0 Å². The van der Waals surface area contributed by atoms with Crippen molar-refractivity contribution in [3.05, 3.63) is 35.8 Å². The number of nitriles is 1. The molecule has 1 heterocycles. The molecule has 5 heteroatoms. The molecule has 0 saturated heterocycles. The average Bonchev–Trinajstić information content (AvgIpc) is 2.78. The minimum atomic E-state index is -0.534. The number of methoxy groups -OCH3 is 1. The lowest BCUT2D eigenvalue weighted by atomic mass is 10.1. The minimum Gasteiger partial charge on any atom is -0.481 e. The number of benzene rings is 1. The standard InChI is InChI=1S/C11H8FN3O/c1-16-11-9(6-14-15-11)7-2-3-10(12)8(4-7)5-13/h2-4,6H,1H3,(H,14,15). The van der Waals surface area contributed by atoms with Crippen LogP contribution in [0.1, 0.15) is 5.56 Å². The maximum atomic E-state index is 13.1. The molecule has 2 aromatic rings. The first-order valence-electron chi connectivity index (χ1n) is 4.53. The van der Waals surface area contributed by atoms with Crippen LogP contribution in [0, 0.1) is 17.1 Å². The Morgan fingerprint density at radius 2 is 2.31 bits per heavy atom. The van der Waals surface area contributed by atoms with Crippen molar-refractivity contribution in [3.8, 4) is 23.1 Å². The highest BCUT2D eigenvalue weighted by molar-refractivity contribution is 5.69. The average molecular weight is 217 g/mol. The fourth-order valence-electron chi connectivity index (χ4n) is 1.41. The van der Waals surface area contributed by atoms with Crippen molar-refractivity contribution in [3.63, 3.8) is 0 Å². The van der Waals surface area contributed by atoms with Crippen molar-refractivity contribution in [1.82, 2.24) is 10.2 Å². The third-order valence-electron chi connectivity index (χ3n) is 2.21. The Kier molecular flexibility index (Phi) is 2.56. The largest absolute Gasteiger partial charge is 0.481 e. The van der Waals surface area contributed by atoms with Crippen molar-refractivity contribution in [2.24, 2.45) is 0 Å². The molecule has 0 amide bonds. The number of aromatic amines is 1. The highest BCUT2D eigenvalue weighted by Gasteiger charge is 2.10. The van der Waals surface area contributed by atoms with Crippen LogP contribution >= 0.6 is 0 Å². The monoisotopic (exact) mass is 217 g/mol. The molecule has 0 radical (unpaired) electrons. The van der Waals surface area contributed by atoms with Gasteiger partial charge in [0.05, 0.1) is 24.4 Å². The van der Waals surface area contributed by atoms with Crippen LogP contribution in [-0.2, 0) is 0 Å². The van der Waals surface area contributed by atoms with E-state index in [9.17, 15) is 4.39 Å². The topological polar surface area (TPSA) is 61.7 Å². The molecule has 80 valence electrons. The van der Waals surface area contributed by atoms with Crippen LogP contribution in [-0.4, -0.2) is 17.3 Å². The van der Waals surface area contributed by atoms with E-state index in [1.165, 1.54) is 19.2 Å². The van der Waals surface area contributed by atoms with Crippen LogP contribution in [0.4, 0.5) is 4.39 Å². The van der Waals surface area contributed by atoms with Gasteiger partial charge in [0.15, 0.2) is 0 Å². The van der Waals surface area contributed by atoms with Crippen molar-refractivity contribution in [1.29, 1.82) is 5.26 Å². The number of rotatable bonds is 2. The highest BCUT2D eigenvalue weighted by Crippen LogP contribution is 2.28. The smallest absolute Gasteiger partial charge is 0.216 e. The quantitative estimate of drug-likeness (QED) is 0.837. The molecule has 1 aromatic heterocycles. The first-order valence-corrected chi connectivity index (χ1v) is 4.53. The summed E-state index contributed by atoms with van der Waals surface area (Å²) in [5.41, 5.74) is 1.38. The van der Waals surface area contributed by atoms with Gasteiger partial charge in [-0.25, -0.2) is 9.49 Å². The lowest BCUT2D eigenvalue weighted by Gasteiger charge is -2.02. The van der Waals surface area contributed by atoms with E-state index in [1.54, 1.807) is 18.3 Å². The van der Waals surface area contributed by atoms with E-state index in [2.05, 4.69) is 10.2 Å². The Balaban J connectivity index is 2.53. The lowest BCUT2D eigenvalue weighted by Crippen LogP contribution is -1.88. The molecule has 1 N–H and O–H groups in total. The van der Waals surface area contributed by atoms with Gasteiger partial charge in [-0.2, -0.15) is 10.4 Å². The number of aromatic nitrogens is 2. The van der Waals surface area contributed by atoms with Crippen LogP contribution in [0.15, 0.2) is 24.4 Å². The van der Waals surface area contributed by atoms with E-state index in [-0.39, 0.29) is 5.56 Å². The fourth-order valence-corrected chi connectivity index (χ4v) is 1.41. The molecule has 0 spiro atoms. The Hall–Kier alpha value is -2.35. The number of nitrogens with one attached hydrogen (secondary N) is 1. The van der Waals surface area contributed by atoms with Crippen molar-refractivity contribution >= 4 is 0 Å². The summed E-state index contributed by atoms with van der Waals surface area (Å²) in [7, 11) is 1.51. The van der Waals surface area contributed by atoms with Gasteiger partial charge in [-0.3, -0.25) is 0 Å². The second kappa shape index (κ2) is 4.03. The number of halogens is 1. The van der Waals surface area contributed by atoms with Gasteiger partial charge in [0.25, 0.3) is 0 Å². The van der Waals surface area contributed by atoms with Crippen molar-refractivity contribution in [2.75, 3.05) is 7.11 Å².